The van der Waals surface area contributed by atoms with Gasteiger partial charge in [0.2, 0.25) is 5.91 Å². The zero-order chi connectivity index (χ0) is 17.1. The second-order valence-electron chi connectivity index (χ2n) is 5.93. The van der Waals surface area contributed by atoms with Gasteiger partial charge >= 0.3 is 0 Å². The van der Waals surface area contributed by atoms with Crippen LogP contribution in [0.5, 0.6) is 0 Å². The first-order valence-electron chi connectivity index (χ1n) is 8.60. The van der Waals surface area contributed by atoms with Gasteiger partial charge in [0.15, 0.2) is 12.1 Å². The first kappa shape index (κ1) is 16.5. The number of carbonyl (C=O) groups is 1. The Kier molecular flexibility index (Phi) is 4.81. The first-order valence-corrected chi connectivity index (χ1v) is 8.60. The predicted octanol–water partition coefficient (Wildman–Crippen LogP) is 2.96. The van der Waals surface area contributed by atoms with Crippen LogP contribution in [0.15, 0.2) is 47.6 Å². The summed E-state index contributed by atoms with van der Waals surface area (Å²) in [6.45, 7) is 6.07. The van der Waals surface area contributed by atoms with E-state index in [2.05, 4.69) is 46.9 Å². The van der Waals surface area contributed by atoms with Crippen LogP contribution in [0.1, 0.15) is 37.8 Å². The number of benzene rings is 1. The van der Waals surface area contributed by atoms with E-state index in [1.165, 1.54) is 5.56 Å². The Balaban J connectivity index is 0.000000815. The van der Waals surface area contributed by atoms with E-state index in [0.717, 1.165) is 29.8 Å². The highest BCUT2D eigenvalue weighted by molar-refractivity contribution is 6.24. The lowest BCUT2D eigenvalue weighted by molar-refractivity contribution is -0.123. The molecule has 0 spiro atoms. The van der Waals surface area contributed by atoms with E-state index in [1.54, 1.807) is 0 Å². The molecule has 24 heavy (non-hydrogen) atoms. The number of hydrazine groups is 1. The quantitative estimate of drug-likeness (QED) is 0.899. The maximum atomic E-state index is 11.9. The van der Waals surface area contributed by atoms with Crippen molar-refractivity contribution in [3.63, 3.8) is 0 Å². The van der Waals surface area contributed by atoms with Crippen molar-refractivity contribution in [2.75, 3.05) is 0 Å². The minimum atomic E-state index is -0.389. The molecule has 2 N–H and O–H groups in total. The summed E-state index contributed by atoms with van der Waals surface area (Å²) in [6.07, 6.45) is 7.54. The highest BCUT2D eigenvalue weighted by atomic mass is 16.2. The molecule has 2 heterocycles. The van der Waals surface area contributed by atoms with Gasteiger partial charge in [-0.05, 0) is 37.5 Å². The SMILES string of the molecule is CC.Cc1ccc(C2=CC=CN3NC(NC(=O)C4CC4)N=C23)cc1. The number of nitrogens with one attached hydrogen (secondary N) is 2. The Morgan fingerprint density at radius 1 is 1.25 bits per heavy atom. The van der Waals surface area contributed by atoms with Crippen molar-refractivity contribution in [1.82, 2.24) is 15.8 Å². The fraction of sp³-hybridized carbons (Fsp3) is 0.368. The molecule has 126 valence electrons. The van der Waals surface area contributed by atoms with E-state index in [1.807, 2.05) is 37.2 Å². The number of aryl methyl sites for hydroxylation is 1. The third-order valence-corrected chi connectivity index (χ3v) is 4.07. The van der Waals surface area contributed by atoms with E-state index in [9.17, 15) is 4.79 Å². The average molecular weight is 324 g/mol. The summed E-state index contributed by atoms with van der Waals surface area (Å²) in [5, 5.41) is 4.81. The van der Waals surface area contributed by atoms with Crippen LogP contribution in [0.4, 0.5) is 0 Å². The molecule has 5 nitrogen and oxygen atoms in total. The summed E-state index contributed by atoms with van der Waals surface area (Å²) in [7, 11) is 0. The number of fused-ring (bicyclic) bond motifs is 1. The standard InChI is InChI=1S/C17H18N4O.C2H6/c1-11-4-6-12(7-5-11)14-3-2-10-21-15(14)18-17(20-21)19-16(22)13-8-9-13;1-2/h2-7,10,13,17,20H,8-9H2,1H3,(H,19,22);1-2H3. The van der Waals surface area contributed by atoms with Gasteiger partial charge in [-0.15, -0.1) is 0 Å². The molecule has 5 heteroatoms. The Morgan fingerprint density at radius 2 is 1.96 bits per heavy atom. The fourth-order valence-corrected chi connectivity index (χ4v) is 2.64. The number of allylic oxidation sites excluding steroid dienone is 2. The van der Waals surface area contributed by atoms with Crippen LogP contribution < -0.4 is 10.7 Å². The summed E-state index contributed by atoms with van der Waals surface area (Å²) < 4.78 is 0. The highest BCUT2D eigenvalue weighted by Crippen LogP contribution is 2.29. The number of aliphatic imine (C=N–C) groups is 1. The van der Waals surface area contributed by atoms with Gasteiger partial charge in [-0.25, -0.2) is 4.99 Å². The van der Waals surface area contributed by atoms with Crippen LogP contribution in [0.3, 0.4) is 0 Å². The summed E-state index contributed by atoms with van der Waals surface area (Å²) in [4.78, 5) is 16.5. The van der Waals surface area contributed by atoms with Gasteiger partial charge in [-0.1, -0.05) is 43.7 Å². The molecular weight excluding hydrogens is 300 g/mol. The van der Waals surface area contributed by atoms with Gasteiger partial charge in [0.1, 0.15) is 0 Å². The van der Waals surface area contributed by atoms with Crippen molar-refractivity contribution < 1.29 is 4.79 Å². The van der Waals surface area contributed by atoms with E-state index >= 15 is 0 Å². The fourth-order valence-electron chi connectivity index (χ4n) is 2.64. The topological polar surface area (TPSA) is 56.7 Å². The molecule has 0 bridgehead atoms. The Morgan fingerprint density at radius 3 is 2.62 bits per heavy atom. The van der Waals surface area contributed by atoms with Gasteiger partial charge in [0, 0.05) is 17.7 Å². The molecule has 3 aliphatic rings. The highest BCUT2D eigenvalue weighted by Gasteiger charge is 2.34. The van der Waals surface area contributed by atoms with E-state index in [-0.39, 0.29) is 18.1 Å². The normalized spacial score (nSPS) is 21.3. The number of amides is 1. The van der Waals surface area contributed by atoms with Crippen molar-refractivity contribution in [2.45, 2.75) is 39.9 Å². The summed E-state index contributed by atoms with van der Waals surface area (Å²) in [6, 6.07) is 8.37. The molecule has 1 amide bonds. The van der Waals surface area contributed by atoms with E-state index < -0.39 is 0 Å². The summed E-state index contributed by atoms with van der Waals surface area (Å²) >= 11 is 0. The first-order chi connectivity index (χ1) is 11.7. The Hall–Kier alpha value is -2.40. The van der Waals surface area contributed by atoms with Gasteiger partial charge in [0.05, 0.1) is 0 Å². The van der Waals surface area contributed by atoms with Crippen LogP contribution in [0.25, 0.3) is 5.57 Å². The molecule has 1 atom stereocenters. The lowest BCUT2D eigenvalue weighted by atomic mass is 10.0. The van der Waals surface area contributed by atoms with Crippen LogP contribution >= 0.6 is 0 Å². The van der Waals surface area contributed by atoms with Crippen LogP contribution in [0.2, 0.25) is 0 Å². The van der Waals surface area contributed by atoms with Gasteiger partial charge in [0.25, 0.3) is 0 Å². The smallest absolute Gasteiger partial charge is 0.225 e. The van der Waals surface area contributed by atoms with Crippen molar-refractivity contribution in [3.05, 3.63) is 53.7 Å². The molecule has 4 rings (SSSR count). The molecule has 1 unspecified atom stereocenters. The lowest BCUT2D eigenvalue weighted by Crippen LogP contribution is -2.46. The molecule has 1 saturated carbocycles. The lowest BCUT2D eigenvalue weighted by Gasteiger charge is -2.21. The molecule has 1 aromatic carbocycles. The Bertz CT molecular complexity index is 699. The molecule has 1 fully saturated rings. The molecule has 2 aliphatic heterocycles. The van der Waals surface area contributed by atoms with Gasteiger partial charge in [-0.3, -0.25) is 9.80 Å². The van der Waals surface area contributed by atoms with Crippen molar-refractivity contribution in [2.24, 2.45) is 10.9 Å². The van der Waals surface area contributed by atoms with Crippen LogP contribution in [-0.4, -0.2) is 23.0 Å². The summed E-state index contributed by atoms with van der Waals surface area (Å²) in [5.41, 5.74) is 6.59. The summed E-state index contributed by atoms with van der Waals surface area (Å²) in [5.74, 6) is 1.11. The van der Waals surface area contributed by atoms with Gasteiger partial charge < -0.3 is 5.32 Å². The third kappa shape index (κ3) is 3.41. The molecule has 1 aromatic rings. The molecule has 0 radical (unpaired) electrons. The molecule has 0 saturated heterocycles. The van der Waals surface area contributed by atoms with Crippen LogP contribution in [-0.2, 0) is 4.79 Å². The van der Waals surface area contributed by atoms with E-state index in [0.29, 0.717) is 0 Å². The van der Waals surface area contributed by atoms with Crippen LogP contribution in [0, 0.1) is 12.8 Å². The minimum absolute atomic E-state index is 0.0894. The third-order valence-electron chi connectivity index (χ3n) is 4.07. The second kappa shape index (κ2) is 7.01. The number of hydrogen-bond donors (Lipinski definition) is 2. The zero-order valence-corrected chi connectivity index (χ0v) is 14.4. The molecule has 1 aliphatic carbocycles. The monoisotopic (exact) mass is 324 g/mol. The maximum absolute atomic E-state index is 11.9. The number of rotatable bonds is 3. The number of nitrogens with zero attached hydrogens (tertiary/aromatic N) is 2. The minimum Gasteiger partial charge on any atom is -0.320 e. The van der Waals surface area contributed by atoms with Gasteiger partial charge in [-0.2, -0.15) is 5.43 Å². The molecule has 0 aromatic heterocycles. The number of amidine groups is 1. The van der Waals surface area contributed by atoms with Crippen molar-refractivity contribution >= 4 is 17.3 Å². The largest absolute Gasteiger partial charge is 0.320 e. The van der Waals surface area contributed by atoms with E-state index in [4.69, 9.17) is 0 Å². The number of hydrogen-bond acceptors (Lipinski definition) is 4. The average Bonchev–Trinajstić information content (AvgIpc) is 3.37. The van der Waals surface area contributed by atoms with Crippen molar-refractivity contribution in [1.29, 1.82) is 0 Å². The Labute approximate surface area is 143 Å². The maximum Gasteiger partial charge on any atom is 0.225 e. The van der Waals surface area contributed by atoms with Crippen molar-refractivity contribution in [3.8, 4) is 0 Å². The predicted molar refractivity (Wildman–Crippen MR) is 96.7 cm³/mol. The zero-order valence-electron chi connectivity index (χ0n) is 14.4. The second-order valence-corrected chi connectivity index (χ2v) is 5.93. The number of carbonyl (C=O) groups excluding carboxylic acids is 1. The molecular formula is C19H24N4O.